The topological polar surface area (TPSA) is 71.8 Å². The van der Waals surface area contributed by atoms with Crippen molar-refractivity contribution in [2.75, 3.05) is 13.1 Å². The Hall–Kier alpha value is -2.21. The third kappa shape index (κ3) is 3.17. The van der Waals surface area contributed by atoms with Crippen molar-refractivity contribution in [2.24, 2.45) is 0 Å². The van der Waals surface area contributed by atoms with E-state index in [-0.39, 0.29) is 5.91 Å². The number of rotatable bonds is 4. The summed E-state index contributed by atoms with van der Waals surface area (Å²) in [6.45, 7) is 4.39. The van der Waals surface area contributed by atoms with Gasteiger partial charge in [-0.1, -0.05) is 35.5 Å². The van der Waals surface area contributed by atoms with Gasteiger partial charge in [0.05, 0.1) is 11.7 Å². The van der Waals surface area contributed by atoms with E-state index in [4.69, 9.17) is 0 Å². The van der Waals surface area contributed by atoms with Gasteiger partial charge in [-0.2, -0.15) is 0 Å². The van der Waals surface area contributed by atoms with Crippen LogP contribution in [0.2, 0.25) is 0 Å². The van der Waals surface area contributed by atoms with Gasteiger partial charge in [-0.3, -0.25) is 4.79 Å². The molecule has 1 amide bonds. The van der Waals surface area contributed by atoms with Crippen molar-refractivity contribution in [3.63, 3.8) is 0 Å². The second-order valence-electron chi connectivity index (χ2n) is 5.62. The average Bonchev–Trinajstić information content (AvgIpc) is 2.96. The van der Waals surface area contributed by atoms with Gasteiger partial charge < -0.3 is 10.6 Å². The molecule has 116 valence electrons. The zero-order chi connectivity index (χ0) is 15.4. The molecule has 22 heavy (non-hydrogen) atoms. The van der Waals surface area contributed by atoms with Crippen molar-refractivity contribution in [1.82, 2.24) is 25.6 Å². The summed E-state index contributed by atoms with van der Waals surface area (Å²) in [7, 11) is 0. The third-order valence-electron chi connectivity index (χ3n) is 4.09. The van der Waals surface area contributed by atoms with E-state index in [1.165, 1.54) is 0 Å². The van der Waals surface area contributed by atoms with Crippen molar-refractivity contribution in [3.05, 3.63) is 47.3 Å². The van der Waals surface area contributed by atoms with E-state index in [2.05, 4.69) is 20.9 Å². The van der Waals surface area contributed by atoms with Crippen LogP contribution in [-0.4, -0.2) is 34.0 Å². The molecule has 1 aliphatic rings. The molecule has 6 nitrogen and oxygen atoms in total. The van der Waals surface area contributed by atoms with E-state index in [0.29, 0.717) is 18.3 Å². The van der Waals surface area contributed by atoms with Crippen LogP contribution in [0, 0.1) is 6.92 Å². The second kappa shape index (κ2) is 6.70. The second-order valence-corrected chi connectivity index (χ2v) is 5.62. The van der Waals surface area contributed by atoms with Gasteiger partial charge >= 0.3 is 0 Å². The quantitative estimate of drug-likeness (QED) is 0.896. The summed E-state index contributed by atoms with van der Waals surface area (Å²) in [5.41, 5.74) is 2.34. The van der Waals surface area contributed by atoms with Gasteiger partial charge in [-0.25, -0.2) is 4.68 Å². The molecule has 0 radical (unpaired) electrons. The first kappa shape index (κ1) is 14.7. The van der Waals surface area contributed by atoms with Crippen LogP contribution in [0.4, 0.5) is 0 Å². The van der Waals surface area contributed by atoms with Crippen LogP contribution >= 0.6 is 0 Å². The minimum atomic E-state index is -0.165. The number of hydrogen-bond acceptors (Lipinski definition) is 4. The maximum absolute atomic E-state index is 12.3. The average molecular weight is 299 g/mol. The lowest BCUT2D eigenvalue weighted by Crippen LogP contribution is -2.30. The number of hydrogen-bond donors (Lipinski definition) is 2. The van der Waals surface area contributed by atoms with Crippen LogP contribution in [0.25, 0.3) is 0 Å². The molecule has 0 spiro atoms. The Labute approximate surface area is 129 Å². The van der Waals surface area contributed by atoms with E-state index in [1.807, 2.05) is 41.9 Å². The maximum Gasteiger partial charge on any atom is 0.274 e. The fourth-order valence-electron chi connectivity index (χ4n) is 2.81. The first-order valence-electron chi connectivity index (χ1n) is 7.70. The van der Waals surface area contributed by atoms with E-state index in [9.17, 15) is 4.79 Å². The predicted molar refractivity (Wildman–Crippen MR) is 83.5 cm³/mol. The van der Waals surface area contributed by atoms with Crippen molar-refractivity contribution in [1.29, 1.82) is 0 Å². The van der Waals surface area contributed by atoms with Gasteiger partial charge in [0.1, 0.15) is 0 Å². The van der Waals surface area contributed by atoms with Gasteiger partial charge in [-0.05, 0) is 38.4 Å². The van der Waals surface area contributed by atoms with Gasteiger partial charge in [0.15, 0.2) is 5.69 Å². The Bertz CT molecular complexity index is 631. The van der Waals surface area contributed by atoms with Crippen LogP contribution < -0.4 is 10.6 Å². The summed E-state index contributed by atoms with van der Waals surface area (Å²) < 4.78 is 1.90. The molecule has 2 aromatic rings. The molecular formula is C16H21N5O. The first-order valence-corrected chi connectivity index (χ1v) is 7.70. The van der Waals surface area contributed by atoms with Gasteiger partial charge in [-0.15, -0.1) is 5.10 Å². The highest BCUT2D eigenvalue weighted by Gasteiger charge is 2.22. The molecule has 0 saturated carbocycles. The Morgan fingerprint density at radius 1 is 1.32 bits per heavy atom. The van der Waals surface area contributed by atoms with E-state index >= 15 is 0 Å². The summed E-state index contributed by atoms with van der Waals surface area (Å²) in [4.78, 5) is 12.3. The molecule has 0 aliphatic carbocycles. The molecule has 1 aliphatic heterocycles. The SMILES string of the molecule is Cc1c(C(=O)NCc2ccccc2)nnn1C1CCNCC1. The molecule has 6 heteroatoms. The molecule has 2 heterocycles. The number of piperidine rings is 1. The lowest BCUT2D eigenvalue weighted by Gasteiger charge is -2.23. The van der Waals surface area contributed by atoms with Gasteiger partial charge in [0.25, 0.3) is 5.91 Å². The standard InChI is InChI=1S/C16H21N5O/c1-12-15(16(22)18-11-13-5-3-2-4-6-13)19-20-21(12)14-7-9-17-10-8-14/h2-6,14,17H,7-11H2,1H3,(H,18,22). The molecule has 0 bridgehead atoms. The number of benzene rings is 1. The summed E-state index contributed by atoms with van der Waals surface area (Å²) >= 11 is 0. The molecule has 2 N–H and O–H groups in total. The summed E-state index contributed by atoms with van der Waals surface area (Å²) in [5, 5.41) is 14.5. The molecular weight excluding hydrogens is 278 g/mol. The predicted octanol–water partition coefficient (Wildman–Crippen LogP) is 1.44. The maximum atomic E-state index is 12.3. The number of amides is 1. The first-order chi connectivity index (χ1) is 10.8. The zero-order valence-corrected chi connectivity index (χ0v) is 12.7. The largest absolute Gasteiger partial charge is 0.347 e. The van der Waals surface area contributed by atoms with Gasteiger partial charge in [0.2, 0.25) is 0 Å². The highest BCUT2D eigenvalue weighted by molar-refractivity contribution is 5.93. The minimum Gasteiger partial charge on any atom is -0.347 e. The smallest absolute Gasteiger partial charge is 0.274 e. The third-order valence-corrected chi connectivity index (χ3v) is 4.09. The molecule has 1 saturated heterocycles. The highest BCUT2D eigenvalue weighted by Crippen LogP contribution is 2.20. The van der Waals surface area contributed by atoms with Gasteiger partial charge in [0, 0.05) is 6.54 Å². The monoisotopic (exact) mass is 299 g/mol. The van der Waals surface area contributed by atoms with Crippen LogP contribution in [0.15, 0.2) is 30.3 Å². The fraction of sp³-hybridized carbons (Fsp3) is 0.438. The van der Waals surface area contributed by atoms with Crippen molar-refractivity contribution < 1.29 is 4.79 Å². The van der Waals surface area contributed by atoms with Crippen molar-refractivity contribution >= 4 is 5.91 Å². The normalized spacial score (nSPS) is 15.7. The number of aromatic nitrogens is 3. The highest BCUT2D eigenvalue weighted by atomic mass is 16.2. The number of carbonyl (C=O) groups is 1. The van der Waals surface area contributed by atoms with Crippen LogP contribution in [0.5, 0.6) is 0 Å². The fourth-order valence-corrected chi connectivity index (χ4v) is 2.81. The Morgan fingerprint density at radius 2 is 2.05 bits per heavy atom. The van der Waals surface area contributed by atoms with Crippen LogP contribution in [0.1, 0.15) is 40.6 Å². The Balaban J connectivity index is 1.66. The molecule has 1 fully saturated rings. The van der Waals surface area contributed by atoms with Crippen LogP contribution in [-0.2, 0) is 6.54 Å². The number of nitrogens with zero attached hydrogens (tertiary/aromatic N) is 3. The molecule has 1 aromatic heterocycles. The van der Waals surface area contributed by atoms with Crippen LogP contribution in [0.3, 0.4) is 0 Å². The lowest BCUT2D eigenvalue weighted by atomic mass is 10.1. The molecule has 1 aromatic carbocycles. The summed E-state index contributed by atoms with van der Waals surface area (Å²) in [6, 6.07) is 10.2. The molecule has 0 atom stereocenters. The zero-order valence-electron chi connectivity index (χ0n) is 12.7. The molecule has 3 rings (SSSR count). The van der Waals surface area contributed by atoms with E-state index in [0.717, 1.165) is 37.2 Å². The molecule has 0 unspecified atom stereocenters. The van der Waals surface area contributed by atoms with Crippen molar-refractivity contribution in [2.45, 2.75) is 32.4 Å². The number of carbonyl (C=O) groups excluding carboxylic acids is 1. The minimum absolute atomic E-state index is 0.165. The summed E-state index contributed by atoms with van der Waals surface area (Å²) in [5.74, 6) is -0.165. The van der Waals surface area contributed by atoms with E-state index in [1.54, 1.807) is 0 Å². The summed E-state index contributed by atoms with van der Waals surface area (Å²) in [6.07, 6.45) is 2.05. The Kier molecular flexibility index (Phi) is 4.48. The Morgan fingerprint density at radius 3 is 2.77 bits per heavy atom. The van der Waals surface area contributed by atoms with E-state index < -0.39 is 0 Å². The lowest BCUT2D eigenvalue weighted by molar-refractivity contribution is 0.0945. The van der Waals surface area contributed by atoms with Crippen molar-refractivity contribution in [3.8, 4) is 0 Å². The number of nitrogens with one attached hydrogen (secondary N) is 2.